The van der Waals surface area contributed by atoms with E-state index >= 15 is 0 Å². The number of rotatable bonds is 4. The lowest BCUT2D eigenvalue weighted by Gasteiger charge is -2.07. The Morgan fingerprint density at radius 1 is 1.43 bits per heavy atom. The van der Waals surface area contributed by atoms with Gasteiger partial charge < -0.3 is 5.32 Å². The van der Waals surface area contributed by atoms with E-state index in [1.54, 1.807) is 0 Å². The highest BCUT2D eigenvalue weighted by molar-refractivity contribution is 7.10. The third kappa shape index (κ3) is 3.67. The molecule has 0 atom stereocenters. The van der Waals surface area contributed by atoms with Crippen molar-refractivity contribution in [1.82, 2.24) is 5.32 Å². The number of thiophene rings is 1. The summed E-state index contributed by atoms with van der Waals surface area (Å²) in [6.45, 7) is 1.38. The zero-order chi connectivity index (χ0) is 10.6. The Hall–Kier alpha value is -0.550. The summed E-state index contributed by atoms with van der Waals surface area (Å²) in [4.78, 5) is 0.997. The average molecular weight is 223 g/mol. The van der Waals surface area contributed by atoms with E-state index in [2.05, 4.69) is 5.32 Å². The summed E-state index contributed by atoms with van der Waals surface area (Å²) < 4.78 is 35.4. The highest BCUT2D eigenvalue weighted by Gasteiger charge is 2.26. The molecule has 1 aromatic rings. The van der Waals surface area contributed by atoms with Crippen LogP contribution in [0, 0.1) is 0 Å². The molecule has 0 amide bonds. The Kier molecular flexibility index (Phi) is 3.95. The molecule has 0 bridgehead atoms. The highest BCUT2D eigenvalue weighted by atomic mass is 32.1. The van der Waals surface area contributed by atoms with Crippen molar-refractivity contribution in [3.05, 3.63) is 21.9 Å². The Morgan fingerprint density at radius 2 is 2.14 bits per heavy atom. The minimum atomic E-state index is -4.12. The molecule has 1 rings (SSSR count). The van der Waals surface area contributed by atoms with Crippen LogP contribution in [0.5, 0.6) is 0 Å². The van der Waals surface area contributed by atoms with Gasteiger partial charge in [-0.05, 0) is 23.4 Å². The van der Waals surface area contributed by atoms with Gasteiger partial charge in [0, 0.05) is 11.4 Å². The summed E-state index contributed by atoms with van der Waals surface area (Å²) >= 11 is 1.49. The van der Waals surface area contributed by atoms with Crippen LogP contribution in [0.15, 0.2) is 11.4 Å². The predicted molar refractivity (Wildman–Crippen MR) is 51.5 cm³/mol. The van der Waals surface area contributed by atoms with Crippen LogP contribution in [0.4, 0.5) is 13.2 Å². The number of hydrogen-bond donors (Lipinski definition) is 1. The summed E-state index contributed by atoms with van der Waals surface area (Å²) in [6.07, 6.45) is -3.25. The fraction of sp³-hybridized carbons (Fsp3) is 0.556. The average Bonchev–Trinajstić information content (AvgIpc) is 2.49. The molecule has 0 saturated heterocycles. The quantitative estimate of drug-likeness (QED) is 0.827. The van der Waals surface area contributed by atoms with Crippen LogP contribution in [0.25, 0.3) is 0 Å². The zero-order valence-corrected chi connectivity index (χ0v) is 8.63. The lowest BCUT2D eigenvalue weighted by Crippen LogP contribution is -2.28. The molecule has 5 heteroatoms. The molecule has 80 valence electrons. The van der Waals surface area contributed by atoms with Crippen LogP contribution in [-0.2, 0) is 13.0 Å². The van der Waals surface area contributed by atoms with Gasteiger partial charge >= 0.3 is 6.18 Å². The Labute approximate surface area is 84.9 Å². The molecule has 0 spiro atoms. The van der Waals surface area contributed by atoms with E-state index in [1.165, 1.54) is 11.3 Å². The van der Waals surface area contributed by atoms with Crippen molar-refractivity contribution < 1.29 is 13.2 Å². The van der Waals surface area contributed by atoms with Crippen molar-refractivity contribution in [2.45, 2.75) is 26.1 Å². The predicted octanol–water partition coefficient (Wildman–Crippen LogP) is 2.96. The van der Waals surface area contributed by atoms with Crippen molar-refractivity contribution in [3.63, 3.8) is 0 Å². The highest BCUT2D eigenvalue weighted by Crippen LogP contribution is 2.18. The van der Waals surface area contributed by atoms with E-state index < -0.39 is 12.7 Å². The fourth-order valence-electron chi connectivity index (χ4n) is 1.15. The van der Waals surface area contributed by atoms with Crippen molar-refractivity contribution in [1.29, 1.82) is 0 Å². The van der Waals surface area contributed by atoms with E-state index in [0.717, 1.165) is 16.9 Å². The molecular formula is C9H12F3NS. The molecule has 0 aliphatic rings. The maximum absolute atomic E-state index is 11.8. The van der Waals surface area contributed by atoms with Crippen LogP contribution in [0.1, 0.15) is 17.4 Å². The van der Waals surface area contributed by atoms with Gasteiger partial charge in [0.1, 0.15) is 0 Å². The van der Waals surface area contributed by atoms with Gasteiger partial charge in [-0.25, -0.2) is 0 Å². The molecule has 0 aliphatic carbocycles. The molecular weight excluding hydrogens is 211 g/mol. The molecule has 1 aromatic heterocycles. The van der Waals surface area contributed by atoms with Gasteiger partial charge in [-0.1, -0.05) is 6.92 Å². The monoisotopic (exact) mass is 223 g/mol. The summed E-state index contributed by atoms with van der Waals surface area (Å²) in [5.41, 5.74) is 1.13. The lowest BCUT2D eigenvalue weighted by atomic mass is 10.2. The number of aryl methyl sites for hydroxylation is 1. The standard InChI is InChI=1S/C9H12F3NS/c1-2-7-3-4-14-8(7)5-13-6-9(10,11)12/h3-4,13H,2,5-6H2,1H3. The summed E-state index contributed by atoms with van der Waals surface area (Å²) in [7, 11) is 0. The van der Waals surface area contributed by atoms with Crippen molar-refractivity contribution >= 4 is 11.3 Å². The number of halogens is 3. The first kappa shape index (κ1) is 11.5. The van der Waals surface area contributed by atoms with Gasteiger partial charge in [-0.2, -0.15) is 13.2 Å². The first-order valence-electron chi connectivity index (χ1n) is 4.35. The van der Waals surface area contributed by atoms with E-state index in [9.17, 15) is 13.2 Å². The van der Waals surface area contributed by atoms with E-state index in [0.29, 0.717) is 6.54 Å². The topological polar surface area (TPSA) is 12.0 Å². The van der Waals surface area contributed by atoms with Crippen LogP contribution in [0.3, 0.4) is 0 Å². The smallest absolute Gasteiger partial charge is 0.304 e. The van der Waals surface area contributed by atoms with Gasteiger partial charge in [0.25, 0.3) is 0 Å². The van der Waals surface area contributed by atoms with Gasteiger partial charge in [0.2, 0.25) is 0 Å². The lowest BCUT2D eigenvalue weighted by molar-refractivity contribution is -0.125. The summed E-state index contributed by atoms with van der Waals surface area (Å²) in [6, 6.07) is 1.95. The Balaban J connectivity index is 2.38. The Morgan fingerprint density at radius 3 is 2.71 bits per heavy atom. The summed E-state index contributed by atoms with van der Waals surface area (Å²) in [5, 5.41) is 4.29. The third-order valence-electron chi connectivity index (χ3n) is 1.83. The summed E-state index contributed by atoms with van der Waals surface area (Å²) in [5.74, 6) is 0. The van der Waals surface area contributed by atoms with Gasteiger partial charge in [-0.3, -0.25) is 0 Å². The second kappa shape index (κ2) is 4.79. The molecule has 0 unspecified atom stereocenters. The largest absolute Gasteiger partial charge is 0.401 e. The molecule has 0 fully saturated rings. The normalized spacial score (nSPS) is 12.0. The van der Waals surface area contributed by atoms with Crippen LogP contribution in [0.2, 0.25) is 0 Å². The Bertz CT molecular complexity index is 280. The van der Waals surface area contributed by atoms with Gasteiger partial charge in [0.15, 0.2) is 0 Å². The van der Waals surface area contributed by atoms with Crippen LogP contribution in [-0.4, -0.2) is 12.7 Å². The fourth-order valence-corrected chi connectivity index (χ4v) is 2.10. The second-order valence-corrected chi connectivity index (χ2v) is 3.94. The van der Waals surface area contributed by atoms with Crippen LogP contribution < -0.4 is 5.32 Å². The molecule has 1 N–H and O–H groups in total. The SMILES string of the molecule is CCc1ccsc1CNCC(F)(F)F. The number of hydrogen-bond acceptors (Lipinski definition) is 2. The number of alkyl halides is 3. The third-order valence-corrected chi connectivity index (χ3v) is 2.79. The minimum absolute atomic E-state index is 0.306. The van der Waals surface area contributed by atoms with E-state index in [4.69, 9.17) is 0 Å². The van der Waals surface area contributed by atoms with E-state index in [1.807, 2.05) is 18.4 Å². The second-order valence-electron chi connectivity index (χ2n) is 2.94. The molecule has 0 radical (unpaired) electrons. The molecule has 0 aromatic carbocycles. The first-order chi connectivity index (χ1) is 6.53. The molecule has 0 aliphatic heterocycles. The molecule has 0 saturated carbocycles. The van der Waals surface area contributed by atoms with Crippen molar-refractivity contribution in [2.24, 2.45) is 0 Å². The van der Waals surface area contributed by atoms with Crippen molar-refractivity contribution in [3.8, 4) is 0 Å². The van der Waals surface area contributed by atoms with Crippen molar-refractivity contribution in [2.75, 3.05) is 6.54 Å². The molecule has 14 heavy (non-hydrogen) atoms. The zero-order valence-electron chi connectivity index (χ0n) is 7.82. The van der Waals surface area contributed by atoms with Gasteiger partial charge in [0.05, 0.1) is 6.54 Å². The minimum Gasteiger partial charge on any atom is -0.304 e. The first-order valence-corrected chi connectivity index (χ1v) is 5.23. The van der Waals surface area contributed by atoms with E-state index in [-0.39, 0.29) is 0 Å². The maximum Gasteiger partial charge on any atom is 0.401 e. The molecule has 1 nitrogen and oxygen atoms in total. The van der Waals surface area contributed by atoms with Gasteiger partial charge in [-0.15, -0.1) is 11.3 Å². The number of nitrogens with one attached hydrogen (secondary N) is 1. The maximum atomic E-state index is 11.8. The molecule has 1 heterocycles. The van der Waals surface area contributed by atoms with Crippen LogP contribution >= 0.6 is 11.3 Å².